The van der Waals surface area contributed by atoms with Crippen LogP contribution in [0.4, 0.5) is 4.39 Å². The fourth-order valence-corrected chi connectivity index (χ4v) is 5.82. The quantitative estimate of drug-likeness (QED) is 0.277. The number of halogens is 1. The minimum absolute atomic E-state index is 0.207. The molecule has 2 aliphatic heterocycles. The van der Waals surface area contributed by atoms with E-state index in [2.05, 4.69) is 12.1 Å². The van der Waals surface area contributed by atoms with Crippen LogP contribution in [0.2, 0.25) is 11.6 Å². The minimum Gasteiger partial charge on any atom is -0.463 e. The van der Waals surface area contributed by atoms with E-state index in [1.807, 2.05) is 37.3 Å². The second kappa shape index (κ2) is 10.3. The highest BCUT2D eigenvalue weighted by atomic mass is 19.1. The molecule has 2 nitrogen and oxygen atoms in total. The molecule has 31 heavy (non-hydrogen) atoms. The molecule has 162 valence electrons. The molecular formula is C27H32BFO2. The number of rotatable bonds is 7. The maximum atomic E-state index is 13.8. The van der Waals surface area contributed by atoms with Crippen LogP contribution in [0.5, 0.6) is 0 Å². The van der Waals surface area contributed by atoms with E-state index in [1.54, 1.807) is 0 Å². The fourth-order valence-electron chi connectivity index (χ4n) is 5.82. The number of hydrogen-bond acceptors (Lipinski definition) is 2. The number of esters is 1. The second-order valence-electron chi connectivity index (χ2n) is 9.01. The first kappa shape index (κ1) is 21.9. The Balaban J connectivity index is 1.80. The van der Waals surface area contributed by atoms with Crippen LogP contribution in [0.3, 0.4) is 0 Å². The lowest BCUT2D eigenvalue weighted by Crippen LogP contribution is -2.37. The number of carbonyl (C=O) groups excluding carboxylic acids is 1. The summed E-state index contributed by atoms with van der Waals surface area (Å²) in [4.78, 5) is 13.3. The molecule has 0 amide bonds. The molecule has 0 atom stereocenters. The highest BCUT2D eigenvalue weighted by molar-refractivity contribution is 6.82. The number of carbonyl (C=O) groups is 1. The predicted molar refractivity (Wildman–Crippen MR) is 126 cm³/mol. The van der Waals surface area contributed by atoms with Crippen LogP contribution < -0.4 is 0 Å². The van der Waals surface area contributed by atoms with Gasteiger partial charge in [0.1, 0.15) is 5.82 Å². The Morgan fingerprint density at radius 2 is 1.58 bits per heavy atom. The van der Waals surface area contributed by atoms with Crippen LogP contribution in [-0.2, 0) is 16.0 Å². The maximum Gasteiger partial charge on any atom is 0.333 e. The third kappa shape index (κ3) is 5.11. The lowest BCUT2D eigenvalue weighted by molar-refractivity contribution is -0.138. The Morgan fingerprint density at radius 1 is 0.968 bits per heavy atom. The molecule has 2 aromatic rings. The van der Waals surface area contributed by atoms with Crippen molar-refractivity contribution in [3.63, 3.8) is 0 Å². The van der Waals surface area contributed by atoms with E-state index in [0.29, 0.717) is 31.4 Å². The Bertz CT molecular complexity index is 885. The second-order valence-corrected chi connectivity index (χ2v) is 9.01. The Kier molecular flexibility index (Phi) is 7.27. The molecule has 0 spiro atoms. The van der Waals surface area contributed by atoms with Gasteiger partial charge >= 0.3 is 5.97 Å². The van der Waals surface area contributed by atoms with Gasteiger partial charge in [-0.2, -0.15) is 0 Å². The number of fused-ring (bicyclic) bond motifs is 2. The van der Waals surface area contributed by atoms with Crippen LogP contribution in [0.25, 0.3) is 5.47 Å². The van der Waals surface area contributed by atoms with Crippen molar-refractivity contribution >= 4 is 18.2 Å². The van der Waals surface area contributed by atoms with E-state index in [0.717, 1.165) is 23.0 Å². The zero-order valence-electron chi connectivity index (χ0n) is 18.5. The number of hydrogen-bond donors (Lipinski definition) is 0. The van der Waals surface area contributed by atoms with Gasteiger partial charge in [0.15, 0.2) is 6.71 Å². The highest BCUT2D eigenvalue weighted by Crippen LogP contribution is 2.51. The minimum atomic E-state index is -0.242. The Hall–Kier alpha value is -2.36. The zero-order chi connectivity index (χ0) is 21.6. The molecule has 2 fully saturated rings. The first-order chi connectivity index (χ1) is 15.2. The molecule has 2 saturated heterocycles. The van der Waals surface area contributed by atoms with Crippen molar-refractivity contribution in [2.45, 2.75) is 69.9 Å². The summed E-state index contributed by atoms with van der Waals surface area (Å²) in [5.74, 6) is 0.762. The van der Waals surface area contributed by atoms with Gasteiger partial charge in [-0.05, 0) is 43.0 Å². The highest BCUT2D eigenvalue weighted by Gasteiger charge is 2.43. The topological polar surface area (TPSA) is 26.3 Å². The third-order valence-corrected chi connectivity index (χ3v) is 7.16. The van der Waals surface area contributed by atoms with Crippen LogP contribution >= 0.6 is 0 Å². The van der Waals surface area contributed by atoms with Crippen LogP contribution in [0.15, 0.2) is 60.2 Å². The van der Waals surface area contributed by atoms with E-state index in [9.17, 15) is 9.18 Å². The Labute approximate surface area is 186 Å². The summed E-state index contributed by atoms with van der Waals surface area (Å²) in [5.41, 5.74) is 4.12. The van der Waals surface area contributed by atoms with E-state index in [1.165, 1.54) is 56.2 Å². The number of aryl methyl sites for hydroxylation is 1. The molecule has 4 heteroatoms. The van der Waals surface area contributed by atoms with Crippen molar-refractivity contribution in [3.05, 3.63) is 77.1 Å². The molecule has 2 heterocycles. The first-order valence-electron chi connectivity index (χ1n) is 11.9. The summed E-state index contributed by atoms with van der Waals surface area (Å²) in [6, 6.07) is 17.1. The van der Waals surface area contributed by atoms with E-state index < -0.39 is 0 Å². The SMILES string of the molecule is CCOC(=O)/C(CCc1ccccc1)=C(/B1C2CCCC1CCC2)c1ccc(F)cc1. The van der Waals surface area contributed by atoms with Crippen LogP contribution in [0, 0.1) is 5.82 Å². The summed E-state index contributed by atoms with van der Waals surface area (Å²) >= 11 is 0. The largest absolute Gasteiger partial charge is 0.463 e. The van der Waals surface area contributed by atoms with Crippen molar-refractivity contribution in [2.75, 3.05) is 6.61 Å². The van der Waals surface area contributed by atoms with Crippen molar-refractivity contribution in [1.29, 1.82) is 0 Å². The molecule has 2 aliphatic rings. The lowest BCUT2D eigenvalue weighted by atomic mass is 9.23. The van der Waals surface area contributed by atoms with Crippen LogP contribution in [-0.4, -0.2) is 19.3 Å². The van der Waals surface area contributed by atoms with Gasteiger partial charge < -0.3 is 4.74 Å². The molecule has 0 aliphatic carbocycles. The molecule has 0 saturated carbocycles. The van der Waals surface area contributed by atoms with E-state index in [-0.39, 0.29) is 11.8 Å². The van der Waals surface area contributed by atoms with Crippen molar-refractivity contribution in [3.8, 4) is 0 Å². The fraction of sp³-hybridized carbons (Fsp3) is 0.444. The number of benzene rings is 2. The summed E-state index contributed by atoms with van der Waals surface area (Å²) in [6.07, 6.45) is 8.89. The van der Waals surface area contributed by atoms with Gasteiger partial charge in [-0.15, -0.1) is 0 Å². The lowest BCUT2D eigenvalue weighted by Gasteiger charge is -2.42. The summed E-state index contributed by atoms with van der Waals surface area (Å²) in [5, 5.41) is 0. The zero-order valence-corrected chi connectivity index (χ0v) is 18.5. The molecule has 4 rings (SSSR count). The average molecular weight is 418 g/mol. The van der Waals surface area contributed by atoms with Gasteiger partial charge in [0, 0.05) is 5.57 Å². The van der Waals surface area contributed by atoms with Crippen molar-refractivity contribution < 1.29 is 13.9 Å². The molecule has 0 radical (unpaired) electrons. The van der Waals surface area contributed by atoms with Crippen LogP contribution in [0.1, 0.15) is 63.0 Å². The average Bonchev–Trinajstić information content (AvgIpc) is 2.78. The summed E-state index contributed by atoms with van der Waals surface area (Å²) in [7, 11) is 0. The normalized spacial score (nSPS) is 21.4. The predicted octanol–water partition coefficient (Wildman–Crippen LogP) is 6.92. The molecule has 2 aromatic carbocycles. The van der Waals surface area contributed by atoms with Crippen molar-refractivity contribution in [2.24, 2.45) is 0 Å². The molecular weight excluding hydrogens is 386 g/mol. The Morgan fingerprint density at radius 3 is 2.16 bits per heavy atom. The maximum absolute atomic E-state index is 13.8. The van der Waals surface area contributed by atoms with Gasteiger partial charge in [0.25, 0.3) is 0 Å². The molecule has 0 aromatic heterocycles. The smallest absolute Gasteiger partial charge is 0.333 e. The third-order valence-electron chi connectivity index (χ3n) is 7.16. The van der Waals surface area contributed by atoms with Gasteiger partial charge in [0.05, 0.1) is 6.61 Å². The summed E-state index contributed by atoms with van der Waals surface area (Å²) in [6.45, 7) is 2.59. The first-order valence-corrected chi connectivity index (χ1v) is 11.9. The number of ether oxygens (including phenoxy) is 1. The van der Waals surface area contributed by atoms with Gasteiger partial charge in [0.2, 0.25) is 0 Å². The van der Waals surface area contributed by atoms with E-state index in [4.69, 9.17) is 4.74 Å². The van der Waals surface area contributed by atoms with Gasteiger partial charge in [-0.25, -0.2) is 9.18 Å². The molecule has 0 N–H and O–H groups in total. The van der Waals surface area contributed by atoms with Gasteiger partial charge in [-0.3, -0.25) is 0 Å². The summed E-state index contributed by atoms with van der Waals surface area (Å²) < 4.78 is 19.3. The molecule has 0 unspecified atom stereocenters. The van der Waals surface area contributed by atoms with E-state index >= 15 is 0 Å². The monoisotopic (exact) mass is 418 g/mol. The van der Waals surface area contributed by atoms with Crippen molar-refractivity contribution in [1.82, 2.24) is 0 Å². The van der Waals surface area contributed by atoms with Gasteiger partial charge in [-0.1, -0.05) is 98.1 Å². The standard InChI is InChI=1S/C27H32BFO2/c1-2-31-27(30)25(19-14-20-8-4-3-5-9-20)26(21-15-17-24(29)18-16-21)28-22-10-6-11-23(28)13-7-12-22/h3-5,8-9,15-18,22-23H,2,6-7,10-14,19H2,1H3/b26-25+. The molecule has 2 bridgehead atoms.